The average molecular weight is 332 g/mol. The molecule has 0 bridgehead atoms. The zero-order valence-electron chi connectivity index (χ0n) is 13.9. The van der Waals surface area contributed by atoms with E-state index in [4.69, 9.17) is 0 Å². The molecular formula is C21H20N2O2. The van der Waals surface area contributed by atoms with E-state index in [2.05, 4.69) is 28.1 Å². The molecule has 126 valence electrons. The number of aliphatic carboxylic acids is 1. The molecule has 0 amide bonds. The summed E-state index contributed by atoms with van der Waals surface area (Å²) in [6.45, 7) is 0.785. The molecule has 4 heteroatoms. The second-order valence-corrected chi connectivity index (χ2v) is 6.46. The zero-order valence-corrected chi connectivity index (χ0v) is 13.9. The van der Waals surface area contributed by atoms with Gasteiger partial charge < -0.3 is 5.11 Å². The molecule has 0 spiro atoms. The lowest BCUT2D eigenvalue weighted by atomic mass is 9.93. The first-order valence-electron chi connectivity index (χ1n) is 8.63. The molecule has 2 unspecified atom stereocenters. The van der Waals surface area contributed by atoms with E-state index in [1.54, 1.807) is 0 Å². The summed E-state index contributed by atoms with van der Waals surface area (Å²) >= 11 is 0. The minimum atomic E-state index is -0.739. The van der Waals surface area contributed by atoms with Crippen LogP contribution < -0.4 is 0 Å². The first kappa shape index (κ1) is 15.8. The van der Waals surface area contributed by atoms with Gasteiger partial charge in [-0.25, -0.2) is 0 Å². The summed E-state index contributed by atoms with van der Waals surface area (Å²) in [4.78, 5) is 18.4. The lowest BCUT2D eigenvalue weighted by Gasteiger charge is -2.32. The van der Waals surface area contributed by atoms with E-state index in [0.717, 1.165) is 35.0 Å². The molecule has 4 rings (SSSR count). The van der Waals surface area contributed by atoms with Crippen molar-refractivity contribution in [2.45, 2.75) is 24.9 Å². The summed E-state index contributed by atoms with van der Waals surface area (Å²) < 4.78 is 0. The zero-order chi connectivity index (χ0) is 17.2. The normalized spacial score (nSPS) is 19.1. The van der Waals surface area contributed by atoms with Gasteiger partial charge in [0.2, 0.25) is 0 Å². The molecule has 1 N–H and O–H groups in total. The Labute approximate surface area is 146 Å². The number of carbonyl (C=O) groups is 1. The Morgan fingerprint density at radius 2 is 1.84 bits per heavy atom. The number of fused-ring (bicyclic) bond motifs is 1. The molecule has 0 saturated carbocycles. The molecule has 1 aliphatic heterocycles. The maximum atomic E-state index is 11.8. The molecule has 0 aliphatic carbocycles. The van der Waals surface area contributed by atoms with Crippen LogP contribution in [0.3, 0.4) is 0 Å². The molecule has 1 fully saturated rings. The predicted molar refractivity (Wildman–Crippen MR) is 97.4 cm³/mol. The number of para-hydroxylation sites is 1. The van der Waals surface area contributed by atoms with Crippen molar-refractivity contribution < 1.29 is 9.90 Å². The Balaban J connectivity index is 1.90. The summed E-state index contributed by atoms with van der Waals surface area (Å²) in [5.41, 5.74) is 3.17. The third-order valence-corrected chi connectivity index (χ3v) is 5.00. The van der Waals surface area contributed by atoms with Crippen LogP contribution in [0.2, 0.25) is 0 Å². The van der Waals surface area contributed by atoms with E-state index in [0.29, 0.717) is 6.42 Å². The molecule has 1 aromatic heterocycles. The molecule has 0 radical (unpaired) electrons. The van der Waals surface area contributed by atoms with Crippen molar-refractivity contribution in [2.24, 2.45) is 0 Å². The number of carboxylic acid groups (broad SMARTS) is 1. The monoisotopic (exact) mass is 332 g/mol. The minimum Gasteiger partial charge on any atom is -0.480 e. The van der Waals surface area contributed by atoms with Crippen molar-refractivity contribution in [3.05, 3.63) is 78.0 Å². The first-order chi connectivity index (χ1) is 12.3. The van der Waals surface area contributed by atoms with E-state index in [1.807, 2.05) is 48.7 Å². The molecule has 25 heavy (non-hydrogen) atoms. The highest BCUT2D eigenvalue weighted by molar-refractivity contribution is 5.83. The molecule has 1 saturated heterocycles. The number of nitrogens with zero attached hydrogens (tertiary/aromatic N) is 2. The quantitative estimate of drug-likeness (QED) is 0.788. The topological polar surface area (TPSA) is 53.4 Å². The van der Waals surface area contributed by atoms with Crippen molar-refractivity contribution in [3.8, 4) is 0 Å². The fourth-order valence-corrected chi connectivity index (χ4v) is 3.90. The highest BCUT2D eigenvalue weighted by Gasteiger charge is 2.37. The van der Waals surface area contributed by atoms with Gasteiger partial charge in [0, 0.05) is 18.1 Å². The smallest absolute Gasteiger partial charge is 0.320 e. The fraction of sp³-hybridized carbons (Fsp3) is 0.238. The third kappa shape index (κ3) is 2.89. The predicted octanol–water partition coefficient (Wildman–Crippen LogP) is 3.87. The van der Waals surface area contributed by atoms with Gasteiger partial charge >= 0.3 is 5.97 Å². The molecule has 2 aromatic carbocycles. The van der Waals surface area contributed by atoms with Crippen molar-refractivity contribution in [1.82, 2.24) is 9.88 Å². The summed E-state index contributed by atoms with van der Waals surface area (Å²) in [6.07, 6.45) is 3.42. The number of carboxylic acids is 1. The van der Waals surface area contributed by atoms with Crippen molar-refractivity contribution in [2.75, 3.05) is 6.54 Å². The van der Waals surface area contributed by atoms with Gasteiger partial charge in [0.15, 0.2) is 0 Å². The number of hydrogen-bond acceptors (Lipinski definition) is 3. The van der Waals surface area contributed by atoms with E-state index < -0.39 is 12.0 Å². The molecule has 2 heterocycles. The maximum Gasteiger partial charge on any atom is 0.320 e. The van der Waals surface area contributed by atoms with Crippen LogP contribution in [0.1, 0.15) is 30.0 Å². The maximum absolute atomic E-state index is 11.8. The highest BCUT2D eigenvalue weighted by atomic mass is 16.4. The number of aromatic nitrogens is 1. The first-order valence-corrected chi connectivity index (χ1v) is 8.63. The fourth-order valence-electron chi connectivity index (χ4n) is 3.90. The average Bonchev–Trinajstić information content (AvgIpc) is 3.13. The van der Waals surface area contributed by atoms with Crippen LogP contribution in [0, 0.1) is 0 Å². The minimum absolute atomic E-state index is 0.0855. The Bertz CT molecular complexity index is 889. The third-order valence-electron chi connectivity index (χ3n) is 5.00. The highest BCUT2D eigenvalue weighted by Crippen LogP contribution is 2.37. The van der Waals surface area contributed by atoms with Gasteiger partial charge in [-0.1, -0.05) is 48.5 Å². The number of pyridine rings is 1. The lowest BCUT2D eigenvalue weighted by molar-refractivity contribution is -0.142. The van der Waals surface area contributed by atoms with Gasteiger partial charge in [0.05, 0.1) is 11.6 Å². The van der Waals surface area contributed by atoms with Crippen molar-refractivity contribution >= 4 is 16.9 Å². The molecule has 4 nitrogen and oxygen atoms in total. The molecule has 3 aromatic rings. The van der Waals surface area contributed by atoms with Gasteiger partial charge in [-0.3, -0.25) is 14.7 Å². The van der Waals surface area contributed by atoms with E-state index >= 15 is 0 Å². The Kier molecular flexibility index (Phi) is 4.20. The van der Waals surface area contributed by atoms with Crippen LogP contribution in [0.15, 0.2) is 66.9 Å². The van der Waals surface area contributed by atoms with Crippen LogP contribution in [0.4, 0.5) is 0 Å². The Hall–Kier alpha value is -2.72. The van der Waals surface area contributed by atoms with Gasteiger partial charge in [0.25, 0.3) is 0 Å². The standard InChI is InChI=1S/C21H20N2O2/c24-21(25)19-11-6-14-23(19)20(15-7-2-1-3-8-15)17-12-13-22-18-10-5-4-9-16(17)18/h1-5,7-10,12-13,19-20H,6,11,14H2,(H,24,25). The van der Waals surface area contributed by atoms with E-state index in [1.165, 1.54) is 0 Å². The van der Waals surface area contributed by atoms with Crippen molar-refractivity contribution in [1.29, 1.82) is 0 Å². The molecule has 1 aliphatic rings. The SMILES string of the molecule is O=C(O)C1CCCN1C(c1ccccc1)c1ccnc2ccccc12. The van der Waals surface area contributed by atoms with Gasteiger partial charge in [0.1, 0.15) is 6.04 Å². The van der Waals surface area contributed by atoms with Crippen LogP contribution in [0.25, 0.3) is 10.9 Å². The van der Waals surface area contributed by atoms with Crippen LogP contribution in [-0.2, 0) is 4.79 Å². The second-order valence-electron chi connectivity index (χ2n) is 6.46. The number of rotatable bonds is 4. The van der Waals surface area contributed by atoms with Crippen LogP contribution >= 0.6 is 0 Å². The van der Waals surface area contributed by atoms with Crippen LogP contribution in [0.5, 0.6) is 0 Å². The van der Waals surface area contributed by atoms with Gasteiger partial charge in [-0.2, -0.15) is 0 Å². The Morgan fingerprint density at radius 1 is 1.08 bits per heavy atom. The van der Waals surface area contributed by atoms with Gasteiger partial charge in [-0.15, -0.1) is 0 Å². The van der Waals surface area contributed by atoms with E-state index in [-0.39, 0.29) is 6.04 Å². The number of likely N-dealkylation sites (tertiary alicyclic amines) is 1. The summed E-state index contributed by atoms with van der Waals surface area (Å²) in [5.74, 6) is -0.739. The Morgan fingerprint density at radius 3 is 2.64 bits per heavy atom. The summed E-state index contributed by atoms with van der Waals surface area (Å²) in [5, 5.41) is 10.8. The van der Waals surface area contributed by atoms with Crippen LogP contribution in [-0.4, -0.2) is 33.5 Å². The number of hydrogen-bond donors (Lipinski definition) is 1. The lowest BCUT2D eigenvalue weighted by Crippen LogP contribution is -2.39. The van der Waals surface area contributed by atoms with E-state index in [9.17, 15) is 9.90 Å². The largest absolute Gasteiger partial charge is 0.480 e. The molecular weight excluding hydrogens is 312 g/mol. The summed E-state index contributed by atoms with van der Waals surface area (Å²) in [6, 6.07) is 19.7. The van der Waals surface area contributed by atoms with Gasteiger partial charge in [-0.05, 0) is 36.1 Å². The number of benzene rings is 2. The van der Waals surface area contributed by atoms with Crippen molar-refractivity contribution in [3.63, 3.8) is 0 Å². The molecule has 2 atom stereocenters. The summed E-state index contributed by atoms with van der Waals surface area (Å²) in [7, 11) is 0. The second kappa shape index (κ2) is 6.65.